The molecule has 1 unspecified atom stereocenters. The van der Waals surface area contributed by atoms with Gasteiger partial charge < -0.3 is 15.2 Å². The number of para-hydroxylation sites is 2. The highest BCUT2D eigenvalue weighted by Gasteiger charge is 2.23. The maximum Gasteiger partial charge on any atom is 0.387 e. The van der Waals surface area contributed by atoms with E-state index >= 15 is 0 Å². The third kappa shape index (κ3) is 2.69. The molecule has 0 fully saturated rings. The molecular formula is C16H15F2NO2. The van der Waals surface area contributed by atoms with E-state index in [1.165, 1.54) is 6.07 Å². The molecule has 3 rings (SSSR count). The van der Waals surface area contributed by atoms with Gasteiger partial charge in [-0.1, -0.05) is 36.4 Å². The van der Waals surface area contributed by atoms with Gasteiger partial charge in [-0.25, -0.2) is 0 Å². The molecule has 0 bridgehead atoms. The highest BCUT2D eigenvalue weighted by Crippen LogP contribution is 2.37. The lowest BCUT2D eigenvalue weighted by Crippen LogP contribution is -2.15. The number of hydrogen-bond donors (Lipinski definition) is 1. The van der Waals surface area contributed by atoms with Gasteiger partial charge >= 0.3 is 6.61 Å². The van der Waals surface area contributed by atoms with E-state index in [2.05, 4.69) is 4.74 Å². The van der Waals surface area contributed by atoms with Gasteiger partial charge in [0, 0.05) is 17.5 Å². The number of halogens is 2. The van der Waals surface area contributed by atoms with Gasteiger partial charge in [0.15, 0.2) is 0 Å². The molecule has 1 atom stereocenters. The van der Waals surface area contributed by atoms with E-state index < -0.39 is 12.7 Å². The zero-order valence-electron chi connectivity index (χ0n) is 11.3. The Morgan fingerprint density at radius 2 is 1.81 bits per heavy atom. The lowest BCUT2D eigenvalue weighted by molar-refractivity contribution is -0.0505. The van der Waals surface area contributed by atoms with Crippen LogP contribution >= 0.6 is 0 Å². The van der Waals surface area contributed by atoms with Crippen molar-refractivity contribution in [2.24, 2.45) is 5.73 Å². The Kier molecular flexibility index (Phi) is 3.75. The van der Waals surface area contributed by atoms with Crippen LogP contribution in [0, 0.1) is 0 Å². The first-order valence-corrected chi connectivity index (χ1v) is 6.70. The van der Waals surface area contributed by atoms with Crippen LogP contribution in [0.1, 0.15) is 22.7 Å². The molecule has 0 aromatic heterocycles. The second-order valence-corrected chi connectivity index (χ2v) is 4.83. The van der Waals surface area contributed by atoms with E-state index in [0.29, 0.717) is 12.2 Å². The summed E-state index contributed by atoms with van der Waals surface area (Å²) in [6.07, 6.45) is 0.838. The minimum atomic E-state index is -2.88. The summed E-state index contributed by atoms with van der Waals surface area (Å²) in [4.78, 5) is 0. The standard InChI is InChI=1S/C16H15F2NO2/c17-16(18)21-13-7-2-1-5-11(13)14(19)12-6-3-4-10-8-9-20-15(10)12/h1-7,14,16H,8-9,19H2. The van der Waals surface area contributed by atoms with Gasteiger partial charge in [0.05, 0.1) is 12.6 Å². The summed E-state index contributed by atoms with van der Waals surface area (Å²) in [6.45, 7) is -2.26. The molecule has 3 nitrogen and oxygen atoms in total. The van der Waals surface area contributed by atoms with Gasteiger partial charge in [-0.3, -0.25) is 0 Å². The van der Waals surface area contributed by atoms with Crippen LogP contribution in [0.15, 0.2) is 42.5 Å². The molecule has 0 radical (unpaired) electrons. The quantitative estimate of drug-likeness (QED) is 0.940. The Morgan fingerprint density at radius 1 is 1.05 bits per heavy atom. The number of fused-ring (bicyclic) bond motifs is 1. The third-order valence-electron chi connectivity index (χ3n) is 3.55. The molecular weight excluding hydrogens is 276 g/mol. The fourth-order valence-electron chi connectivity index (χ4n) is 2.59. The normalized spacial score (nSPS) is 14.7. The van der Waals surface area contributed by atoms with Gasteiger partial charge in [0.25, 0.3) is 0 Å². The number of rotatable bonds is 4. The van der Waals surface area contributed by atoms with Crippen LogP contribution in [0.5, 0.6) is 11.5 Å². The highest BCUT2D eigenvalue weighted by atomic mass is 19.3. The summed E-state index contributed by atoms with van der Waals surface area (Å²) in [5, 5.41) is 0. The summed E-state index contributed by atoms with van der Waals surface area (Å²) in [6, 6.07) is 11.7. The molecule has 0 spiro atoms. The number of hydrogen-bond acceptors (Lipinski definition) is 3. The van der Waals surface area contributed by atoms with Gasteiger partial charge in [-0.15, -0.1) is 0 Å². The van der Waals surface area contributed by atoms with E-state index in [-0.39, 0.29) is 5.75 Å². The van der Waals surface area contributed by atoms with Crippen molar-refractivity contribution in [1.82, 2.24) is 0 Å². The van der Waals surface area contributed by atoms with Crippen LogP contribution in [-0.4, -0.2) is 13.2 Å². The zero-order chi connectivity index (χ0) is 14.8. The Balaban J connectivity index is 2.00. The molecule has 5 heteroatoms. The highest BCUT2D eigenvalue weighted by molar-refractivity contribution is 5.50. The molecule has 0 saturated carbocycles. The summed E-state index contributed by atoms with van der Waals surface area (Å²) >= 11 is 0. The van der Waals surface area contributed by atoms with Crippen molar-refractivity contribution in [3.8, 4) is 11.5 Å². The summed E-state index contributed by atoms with van der Waals surface area (Å²) in [5.41, 5.74) is 8.66. The first-order valence-electron chi connectivity index (χ1n) is 6.70. The van der Waals surface area contributed by atoms with Crippen LogP contribution in [0.3, 0.4) is 0 Å². The number of benzene rings is 2. The Hall–Kier alpha value is -2.14. The molecule has 0 saturated heterocycles. The molecule has 0 aliphatic carbocycles. The summed E-state index contributed by atoms with van der Waals surface area (Å²) in [7, 11) is 0. The molecule has 1 aliphatic heterocycles. The molecule has 1 aliphatic rings. The topological polar surface area (TPSA) is 44.5 Å². The second kappa shape index (κ2) is 5.69. The minimum Gasteiger partial charge on any atom is -0.493 e. The first kappa shape index (κ1) is 13.8. The van der Waals surface area contributed by atoms with Crippen molar-refractivity contribution >= 4 is 0 Å². The van der Waals surface area contributed by atoms with Gasteiger partial charge in [0.2, 0.25) is 0 Å². The smallest absolute Gasteiger partial charge is 0.387 e. The summed E-state index contributed by atoms with van der Waals surface area (Å²) < 4.78 is 35.2. The van der Waals surface area contributed by atoms with Crippen molar-refractivity contribution in [3.63, 3.8) is 0 Å². The largest absolute Gasteiger partial charge is 0.493 e. The monoisotopic (exact) mass is 291 g/mol. The number of alkyl halides is 2. The van der Waals surface area contributed by atoms with Crippen LogP contribution in [0.4, 0.5) is 8.78 Å². The molecule has 2 aromatic carbocycles. The first-order chi connectivity index (χ1) is 10.2. The zero-order valence-corrected chi connectivity index (χ0v) is 11.3. The Bertz CT molecular complexity index is 646. The lowest BCUT2D eigenvalue weighted by Gasteiger charge is -2.19. The average Bonchev–Trinajstić information content (AvgIpc) is 2.95. The fourth-order valence-corrected chi connectivity index (χ4v) is 2.59. The Labute approximate surface area is 121 Å². The molecule has 21 heavy (non-hydrogen) atoms. The van der Waals surface area contributed by atoms with Crippen molar-refractivity contribution in [2.75, 3.05) is 6.61 Å². The molecule has 2 N–H and O–H groups in total. The number of nitrogens with two attached hydrogens (primary N) is 1. The van der Waals surface area contributed by atoms with Crippen LogP contribution in [0.25, 0.3) is 0 Å². The van der Waals surface area contributed by atoms with E-state index in [4.69, 9.17) is 10.5 Å². The van der Waals surface area contributed by atoms with Gasteiger partial charge in [-0.05, 0) is 11.6 Å². The third-order valence-corrected chi connectivity index (χ3v) is 3.55. The maximum atomic E-state index is 12.5. The minimum absolute atomic E-state index is 0.0931. The van der Waals surface area contributed by atoms with Crippen LogP contribution < -0.4 is 15.2 Å². The fraction of sp³-hybridized carbons (Fsp3) is 0.250. The van der Waals surface area contributed by atoms with Crippen LogP contribution in [-0.2, 0) is 6.42 Å². The second-order valence-electron chi connectivity index (χ2n) is 4.83. The SMILES string of the molecule is NC(c1ccccc1OC(F)F)c1cccc2c1OCC2. The van der Waals surface area contributed by atoms with E-state index in [1.807, 2.05) is 18.2 Å². The molecule has 0 amide bonds. The van der Waals surface area contributed by atoms with Gasteiger partial charge in [0.1, 0.15) is 11.5 Å². The van der Waals surface area contributed by atoms with E-state index in [9.17, 15) is 8.78 Å². The molecule has 1 heterocycles. The van der Waals surface area contributed by atoms with Crippen molar-refractivity contribution in [3.05, 3.63) is 59.2 Å². The average molecular weight is 291 g/mol. The molecule has 2 aromatic rings. The van der Waals surface area contributed by atoms with E-state index in [1.54, 1.807) is 18.2 Å². The maximum absolute atomic E-state index is 12.5. The molecule has 110 valence electrons. The van der Waals surface area contributed by atoms with Crippen molar-refractivity contribution < 1.29 is 18.3 Å². The lowest BCUT2D eigenvalue weighted by atomic mass is 9.96. The van der Waals surface area contributed by atoms with Crippen molar-refractivity contribution in [2.45, 2.75) is 19.1 Å². The Morgan fingerprint density at radius 3 is 2.62 bits per heavy atom. The predicted molar refractivity (Wildman–Crippen MR) is 74.7 cm³/mol. The predicted octanol–water partition coefficient (Wildman–Crippen LogP) is 3.27. The summed E-state index contributed by atoms with van der Waals surface area (Å²) in [5.74, 6) is 0.854. The van der Waals surface area contributed by atoms with Gasteiger partial charge in [-0.2, -0.15) is 8.78 Å². The van der Waals surface area contributed by atoms with Crippen LogP contribution in [0.2, 0.25) is 0 Å². The van der Waals surface area contributed by atoms with E-state index in [0.717, 1.165) is 23.3 Å². The number of ether oxygens (including phenoxy) is 2. The van der Waals surface area contributed by atoms with Crippen molar-refractivity contribution in [1.29, 1.82) is 0 Å².